The van der Waals surface area contributed by atoms with Gasteiger partial charge in [0.25, 0.3) is 0 Å². The number of ether oxygens (including phenoxy) is 1. The summed E-state index contributed by atoms with van der Waals surface area (Å²) in [6, 6.07) is 5.14. The number of carbonyl (C=O) groups excluding carboxylic acids is 1. The van der Waals surface area contributed by atoms with Crippen LogP contribution in [0.4, 0.5) is 10.5 Å². The lowest BCUT2D eigenvalue weighted by molar-refractivity contribution is 0.166. The van der Waals surface area contributed by atoms with Gasteiger partial charge in [-0.1, -0.05) is 15.9 Å². The number of amides is 2. The Morgan fingerprint density at radius 2 is 2.42 bits per heavy atom. The van der Waals surface area contributed by atoms with Crippen molar-refractivity contribution in [3.05, 3.63) is 22.7 Å². The summed E-state index contributed by atoms with van der Waals surface area (Å²) < 4.78 is 6.08. The third kappa shape index (κ3) is 3.19. The molecule has 1 heterocycles. The molecular formula is C13H17BrN2O3. The molecule has 19 heavy (non-hydrogen) atoms. The third-order valence-corrected chi connectivity index (χ3v) is 3.75. The smallest absolute Gasteiger partial charge is 0.322 e. The maximum absolute atomic E-state index is 12.2. The van der Waals surface area contributed by atoms with Gasteiger partial charge in [0.05, 0.1) is 25.4 Å². The molecule has 1 fully saturated rings. The lowest BCUT2D eigenvalue weighted by Gasteiger charge is -2.23. The highest BCUT2D eigenvalue weighted by atomic mass is 79.9. The number of likely N-dealkylation sites (tertiary alicyclic amines) is 1. The van der Waals surface area contributed by atoms with Crippen LogP contribution in [0, 0.1) is 0 Å². The van der Waals surface area contributed by atoms with E-state index in [9.17, 15) is 9.90 Å². The molecule has 1 aliphatic heterocycles. The van der Waals surface area contributed by atoms with E-state index in [0.29, 0.717) is 18.0 Å². The van der Waals surface area contributed by atoms with Gasteiger partial charge in [0.1, 0.15) is 5.75 Å². The van der Waals surface area contributed by atoms with Crippen LogP contribution in [0.5, 0.6) is 5.75 Å². The Bertz CT molecular complexity index is 467. The molecule has 5 nitrogen and oxygen atoms in total. The second kappa shape index (κ2) is 6.25. The minimum absolute atomic E-state index is 0.00301. The number of hydrogen-bond acceptors (Lipinski definition) is 3. The third-order valence-electron chi connectivity index (χ3n) is 3.25. The molecule has 0 spiro atoms. The lowest BCUT2D eigenvalue weighted by atomic mass is 10.2. The number of carbonyl (C=O) groups is 1. The van der Waals surface area contributed by atoms with E-state index in [2.05, 4.69) is 21.2 Å². The number of nitrogens with one attached hydrogen (secondary N) is 1. The molecule has 2 N–H and O–H groups in total. The number of rotatable bonds is 3. The number of nitrogens with zero attached hydrogens (tertiary/aromatic N) is 1. The number of halogens is 1. The van der Waals surface area contributed by atoms with Crippen LogP contribution in [0.25, 0.3) is 0 Å². The predicted octanol–water partition coefficient (Wildman–Crippen LogP) is 2.45. The summed E-state index contributed by atoms with van der Waals surface area (Å²) in [7, 11) is 1.56. The van der Waals surface area contributed by atoms with Crippen molar-refractivity contribution in [3.8, 4) is 5.75 Å². The van der Waals surface area contributed by atoms with Crippen LogP contribution >= 0.6 is 15.9 Å². The summed E-state index contributed by atoms with van der Waals surface area (Å²) in [4.78, 5) is 13.9. The van der Waals surface area contributed by atoms with Crippen molar-refractivity contribution >= 4 is 27.6 Å². The zero-order chi connectivity index (χ0) is 13.8. The Morgan fingerprint density at radius 3 is 3.11 bits per heavy atom. The van der Waals surface area contributed by atoms with E-state index in [4.69, 9.17) is 4.74 Å². The summed E-state index contributed by atoms with van der Waals surface area (Å²) >= 11 is 3.36. The summed E-state index contributed by atoms with van der Waals surface area (Å²) in [6.45, 7) is 0.677. The van der Waals surface area contributed by atoms with Crippen LogP contribution in [0.2, 0.25) is 0 Å². The normalized spacial score (nSPS) is 18.5. The average Bonchev–Trinajstić information content (AvgIpc) is 2.87. The number of anilines is 1. The molecule has 0 aromatic heterocycles. The van der Waals surface area contributed by atoms with Gasteiger partial charge in [0, 0.05) is 11.0 Å². The Kier molecular flexibility index (Phi) is 4.66. The predicted molar refractivity (Wildman–Crippen MR) is 76.5 cm³/mol. The van der Waals surface area contributed by atoms with Crippen molar-refractivity contribution in [2.45, 2.75) is 18.9 Å². The monoisotopic (exact) mass is 328 g/mol. The molecule has 0 aliphatic carbocycles. The number of urea groups is 1. The molecule has 6 heteroatoms. The zero-order valence-electron chi connectivity index (χ0n) is 10.7. The molecular weight excluding hydrogens is 312 g/mol. The summed E-state index contributed by atoms with van der Waals surface area (Å²) in [5, 5.41) is 12.1. The van der Waals surface area contributed by atoms with E-state index in [1.807, 2.05) is 6.07 Å². The zero-order valence-corrected chi connectivity index (χ0v) is 12.3. The molecule has 0 radical (unpaired) electrons. The molecule has 1 aromatic carbocycles. The van der Waals surface area contributed by atoms with Gasteiger partial charge in [-0.2, -0.15) is 0 Å². The fourth-order valence-electron chi connectivity index (χ4n) is 2.26. The van der Waals surface area contributed by atoms with Crippen LogP contribution in [0.3, 0.4) is 0 Å². The summed E-state index contributed by atoms with van der Waals surface area (Å²) in [5.41, 5.74) is 0.616. The number of aliphatic hydroxyl groups is 1. The molecule has 1 atom stereocenters. The molecule has 0 saturated carbocycles. The minimum atomic E-state index is -0.201. The second-order valence-electron chi connectivity index (χ2n) is 4.45. The van der Waals surface area contributed by atoms with Gasteiger partial charge in [-0.25, -0.2) is 4.79 Å². The number of methoxy groups -OCH3 is 1. The lowest BCUT2D eigenvalue weighted by Crippen LogP contribution is -2.40. The van der Waals surface area contributed by atoms with Crippen molar-refractivity contribution in [1.82, 2.24) is 4.90 Å². The molecule has 104 valence electrons. The van der Waals surface area contributed by atoms with Gasteiger partial charge >= 0.3 is 6.03 Å². The van der Waals surface area contributed by atoms with Crippen molar-refractivity contribution in [2.75, 3.05) is 25.6 Å². The molecule has 1 aromatic rings. The minimum Gasteiger partial charge on any atom is -0.495 e. The van der Waals surface area contributed by atoms with Crippen molar-refractivity contribution in [1.29, 1.82) is 0 Å². The Hall–Kier alpha value is -1.27. The van der Waals surface area contributed by atoms with Crippen molar-refractivity contribution in [3.63, 3.8) is 0 Å². The molecule has 0 bridgehead atoms. The van der Waals surface area contributed by atoms with Gasteiger partial charge < -0.3 is 20.1 Å². The Labute approximate surface area is 120 Å². The van der Waals surface area contributed by atoms with Gasteiger partial charge in [-0.3, -0.25) is 0 Å². The molecule has 1 aliphatic rings. The molecule has 2 amide bonds. The average molecular weight is 329 g/mol. The van der Waals surface area contributed by atoms with E-state index in [-0.39, 0.29) is 18.7 Å². The van der Waals surface area contributed by atoms with Crippen LogP contribution in [0.15, 0.2) is 22.7 Å². The first kappa shape index (κ1) is 14.1. The largest absolute Gasteiger partial charge is 0.495 e. The van der Waals surface area contributed by atoms with E-state index < -0.39 is 0 Å². The Morgan fingerprint density at radius 1 is 1.63 bits per heavy atom. The number of aliphatic hydroxyl groups excluding tert-OH is 1. The van der Waals surface area contributed by atoms with Crippen molar-refractivity contribution < 1.29 is 14.6 Å². The maximum Gasteiger partial charge on any atom is 0.322 e. The Balaban J connectivity index is 2.12. The topological polar surface area (TPSA) is 61.8 Å². The quantitative estimate of drug-likeness (QED) is 0.895. The van der Waals surface area contributed by atoms with E-state index >= 15 is 0 Å². The first-order valence-corrected chi connectivity index (χ1v) is 6.97. The van der Waals surface area contributed by atoms with E-state index in [0.717, 1.165) is 17.3 Å². The fraction of sp³-hybridized carbons (Fsp3) is 0.462. The van der Waals surface area contributed by atoms with Crippen LogP contribution < -0.4 is 10.1 Å². The fourth-order valence-corrected chi connectivity index (χ4v) is 2.62. The SMILES string of the molecule is COc1ccc(Br)cc1NC(=O)N1CCC[C@H]1CO. The van der Waals surface area contributed by atoms with E-state index in [1.165, 1.54) is 0 Å². The second-order valence-corrected chi connectivity index (χ2v) is 5.36. The highest BCUT2D eigenvalue weighted by molar-refractivity contribution is 9.10. The van der Waals surface area contributed by atoms with Gasteiger partial charge in [-0.15, -0.1) is 0 Å². The van der Waals surface area contributed by atoms with Gasteiger partial charge in [0.2, 0.25) is 0 Å². The highest BCUT2D eigenvalue weighted by Crippen LogP contribution is 2.29. The summed E-state index contributed by atoms with van der Waals surface area (Å²) in [6.07, 6.45) is 1.77. The molecule has 2 rings (SSSR count). The number of hydrogen-bond donors (Lipinski definition) is 2. The van der Waals surface area contributed by atoms with Gasteiger partial charge in [-0.05, 0) is 31.0 Å². The standard InChI is InChI=1S/C13H17BrN2O3/c1-19-12-5-4-9(14)7-11(12)15-13(18)16-6-2-3-10(16)8-17/h4-5,7,10,17H,2-3,6,8H2,1H3,(H,15,18)/t10-/m0/s1. The van der Waals surface area contributed by atoms with Crippen LogP contribution in [-0.2, 0) is 0 Å². The molecule has 1 saturated heterocycles. The maximum atomic E-state index is 12.2. The van der Waals surface area contributed by atoms with E-state index in [1.54, 1.807) is 24.1 Å². The number of benzene rings is 1. The van der Waals surface area contributed by atoms with Crippen LogP contribution in [0.1, 0.15) is 12.8 Å². The first-order chi connectivity index (χ1) is 9.15. The van der Waals surface area contributed by atoms with Gasteiger partial charge in [0.15, 0.2) is 0 Å². The van der Waals surface area contributed by atoms with Crippen LogP contribution in [-0.4, -0.2) is 42.3 Å². The molecule has 0 unspecified atom stereocenters. The van der Waals surface area contributed by atoms with Crippen molar-refractivity contribution in [2.24, 2.45) is 0 Å². The first-order valence-electron chi connectivity index (χ1n) is 6.17. The highest BCUT2D eigenvalue weighted by Gasteiger charge is 2.28. The summed E-state index contributed by atoms with van der Waals surface area (Å²) in [5.74, 6) is 0.608.